The van der Waals surface area contributed by atoms with E-state index < -0.39 is 11.7 Å². The van der Waals surface area contributed by atoms with Crippen LogP contribution in [0.5, 0.6) is 5.75 Å². The van der Waals surface area contributed by atoms with Crippen LogP contribution in [0.2, 0.25) is 0 Å². The van der Waals surface area contributed by atoms with Crippen LogP contribution in [-0.2, 0) is 0 Å². The molecule has 0 aromatic heterocycles. The number of nitrogens with one attached hydrogen (secondary N) is 1. The van der Waals surface area contributed by atoms with Gasteiger partial charge < -0.3 is 15.3 Å². The summed E-state index contributed by atoms with van der Waals surface area (Å²) in [4.78, 5) is 14.1. The Balaban J connectivity index is 1.95. The molecule has 1 heterocycles. The van der Waals surface area contributed by atoms with Gasteiger partial charge in [-0.1, -0.05) is 6.42 Å². The van der Waals surface area contributed by atoms with Gasteiger partial charge in [0.2, 0.25) is 0 Å². The number of rotatable bonds is 3. The molecule has 0 aliphatic carbocycles. The molecular formula is C14H19FN2O2. The second kappa shape index (κ2) is 6.02. The molecule has 19 heavy (non-hydrogen) atoms. The lowest BCUT2D eigenvalue weighted by atomic mass is 10.0. The summed E-state index contributed by atoms with van der Waals surface area (Å²) < 4.78 is 13.1. The van der Waals surface area contributed by atoms with Gasteiger partial charge >= 0.3 is 0 Å². The highest BCUT2D eigenvalue weighted by atomic mass is 19.1. The summed E-state index contributed by atoms with van der Waals surface area (Å²) in [6.07, 6.45) is 3.40. The normalized spacial score (nSPS) is 20.2. The van der Waals surface area contributed by atoms with E-state index in [0.29, 0.717) is 12.6 Å². The number of halogens is 1. The summed E-state index contributed by atoms with van der Waals surface area (Å²) in [5, 5.41) is 12.3. The molecule has 5 heteroatoms. The second-order valence-corrected chi connectivity index (χ2v) is 5.00. The molecule has 0 radical (unpaired) electrons. The van der Waals surface area contributed by atoms with Crippen molar-refractivity contribution in [2.75, 3.05) is 20.1 Å². The quantitative estimate of drug-likeness (QED) is 0.876. The molecule has 0 spiro atoms. The number of piperidine rings is 1. The van der Waals surface area contributed by atoms with Crippen molar-refractivity contribution < 1.29 is 14.3 Å². The standard InChI is InChI=1S/C14H19FN2O2/c1-17-7-3-2-4-11(17)9-16-14(19)12-8-10(15)5-6-13(12)18/h5-6,8,11,18H,2-4,7,9H2,1H3,(H,16,19). The number of benzene rings is 1. The summed E-state index contributed by atoms with van der Waals surface area (Å²) in [5.74, 6) is -1.16. The van der Waals surface area contributed by atoms with Crippen LogP contribution in [0.15, 0.2) is 18.2 Å². The van der Waals surface area contributed by atoms with E-state index in [4.69, 9.17) is 0 Å². The molecule has 2 rings (SSSR count). The predicted molar refractivity (Wildman–Crippen MR) is 70.7 cm³/mol. The average Bonchev–Trinajstić information content (AvgIpc) is 2.40. The van der Waals surface area contributed by atoms with Gasteiger partial charge in [-0.2, -0.15) is 0 Å². The van der Waals surface area contributed by atoms with Gasteiger partial charge in [-0.25, -0.2) is 4.39 Å². The first-order valence-corrected chi connectivity index (χ1v) is 6.55. The van der Waals surface area contributed by atoms with Gasteiger partial charge in [0.1, 0.15) is 11.6 Å². The van der Waals surface area contributed by atoms with E-state index >= 15 is 0 Å². The molecule has 1 unspecified atom stereocenters. The molecule has 1 aromatic rings. The zero-order valence-corrected chi connectivity index (χ0v) is 11.0. The lowest BCUT2D eigenvalue weighted by molar-refractivity contribution is 0.0925. The van der Waals surface area contributed by atoms with Crippen LogP contribution in [-0.4, -0.2) is 42.1 Å². The van der Waals surface area contributed by atoms with Gasteiger partial charge in [-0.05, 0) is 44.6 Å². The van der Waals surface area contributed by atoms with E-state index in [1.54, 1.807) is 0 Å². The van der Waals surface area contributed by atoms with Crippen LogP contribution in [0.3, 0.4) is 0 Å². The topological polar surface area (TPSA) is 52.6 Å². The van der Waals surface area contributed by atoms with Crippen molar-refractivity contribution in [3.8, 4) is 5.75 Å². The third-order valence-electron chi connectivity index (χ3n) is 3.62. The first-order chi connectivity index (χ1) is 9.08. The second-order valence-electron chi connectivity index (χ2n) is 5.00. The zero-order valence-electron chi connectivity index (χ0n) is 11.0. The van der Waals surface area contributed by atoms with Crippen molar-refractivity contribution in [1.29, 1.82) is 0 Å². The van der Waals surface area contributed by atoms with Crippen molar-refractivity contribution in [2.24, 2.45) is 0 Å². The fourth-order valence-electron chi connectivity index (χ4n) is 2.40. The maximum absolute atomic E-state index is 13.1. The fourth-order valence-corrected chi connectivity index (χ4v) is 2.40. The molecule has 1 atom stereocenters. The van der Waals surface area contributed by atoms with Crippen LogP contribution < -0.4 is 5.32 Å². The molecule has 0 saturated carbocycles. The van der Waals surface area contributed by atoms with Crippen LogP contribution in [0, 0.1) is 5.82 Å². The third-order valence-corrected chi connectivity index (χ3v) is 3.62. The Kier molecular flexibility index (Phi) is 4.37. The monoisotopic (exact) mass is 266 g/mol. The molecule has 1 aromatic carbocycles. The highest BCUT2D eigenvalue weighted by molar-refractivity contribution is 5.96. The summed E-state index contributed by atoms with van der Waals surface area (Å²) in [7, 11) is 2.04. The van der Waals surface area contributed by atoms with E-state index in [2.05, 4.69) is 10.2 Å². The van der Waals surface area contributed by atoms with Gasteiger partial charge in [-0.3, -0.25) is 4.79 Å². The third kappa shape index (κ3) is 3.44. The molecule has 0 bridgehead atoms. The van der Waals surface area contributed by atoms with Gasteiger partial charge in [-0.15, -0.1) is 0 Å². The van der Waals surface area contributed by atoms with E-state index in [1.165, 1.54) is 12.5 Å². The summed E-state index contributed by atoms with van der Waals surface area (Å²) >= 11 is 0. The number of amides is 1. The molecule has 1 aliphatic heterocycles. The number of aromatic hydroxyl groups is 1. The van der Waals surface area contributed by atoms with Gasteiger partial charge in [0.15, 0.2) is 0 Å². The number of hydrogen-bond donors (Lipinski definition) is 2. The fraction of sp³-hybridized carbons (Fsp3) is 0.500. The average molecular weight is 266 g/mol. The minimum absolute atomic E-state index is 0.0153. The SMILES string of the molecule is CN1CCCCC1CNC(=O)c1cc(F)ccc1O. The molecule has 1 saturated heterocycles. The summed E-state index contributed by atoms with van der Waals surface area (Å²) in [6, 6.07) is 3.68. The van der Waals surface area contributed by atoms with Crippen molar-refractivity contribution in [3.63, 3.8) is 0 Å². The van der Waals surface area contributed by atoms with Crippen LogP contribution in [0.1, 0.15) is 29.6 Å². The first-order valence-electron chi connectivity index (χ1n) is 6.55. The smallest absolute Gasteiger partial charge is 0.255 e. The lowest BCUT2D eigenvalue weighted by Gasteiger charge is -2.32. The Bertz CT molecular complexity index is 465. The molecule has 4 nitrogen and oxygen atoms in total. The Hall–Kier alpha value is -1.62. The molecule has 2 N–H and O–H groups in total. The number of carbonyl (C=O) groups excluding carboxylic acids is 1. The molecular weight excluding hydrogens is 247 g/mol. The molecule has 1 fully saturated rings. The van der Waals surface area contributed by atoms with E-state index in [0.717, 1.165) is 31.5 Å². The number of phenols is 1. The Morgan fingerprint density at radius 1 is 1.53 bits per heavy atom. The number of nitrogens with zero attached hydrogens (tertiary/aromatic N) is 1. The molecule has 1 amide bonds. The highest BCUT2D eigenvalue weighted by Crippen LogP contribution is 2.18. The molecule has 104 valence electrons. The maximum atomic E-state index is 13.1. The van der Waals surface area contributed by atoms with Gasteiger partial charge in [0, 0.05) is 12.6 Å². The maximum Gasteiger partial charge on any atom is 0.255 e. The lowest BCUT2D eigenvalue weighted by Crippen LogP contribution is -2.44. The number of carbonyl (C=O) groups is 1. The number of hydrogen-bond acceptors (Lipinski definition) is 3. The van der Waals surface area contributed by atoms with Crippen LogP contribution in [0.25, 0.3) is 0 Å². The summed E-state index contributed by atoms with van der Waals surface area (Å²) in [6.45, 7) is 1.55. The Labute approximate surface area is 112 Å². The number of likely N-dealkylation sites (N-methyl/N-ethyl adjacent to an activating group) is 1. The number of likely N-dealkylation sites (tertiary alicyclic amines) is 1. The number of phenolic OH excluding ortho intramolecular Hbond substituents is 1. The van der Waals surface area contributed by atoms with Crippen molar-refractivity contribution in [1.82, 2.24) is 10.2 Å². The minimum atomic E-state index is -0.530. The van der Waals surface area contributed by atoms with E-state index in [1.807, 2.05) is 7.05 Å². The zero-order chi connectivity index (χ0) is 13.8. The van der Waals surface area contributed by atoms with Crippen LogP contribution in [0.4, 0.5) is 4.39 Å². The Morgan fingerprint density at radius 2 is 2.32 bits per heavy atom. The Morgan fingerprint density at radius 3 is 3.05 bits per heavy atom. The minimum Gasteiger partial charge on any atom is -0.507 e. The van der Waals surface area contributed by atoms with E-state index in [-0.39, 0.29) is 11.3 Å². The van der Waals surface area contributed by atoms with Crippen molar-refractivity contribution in [2.45, 2.75) is 25.3 Å². The van der Waals surface area contributed by atoms with Crippen molar-refractivity contribution >= 4 is 5.91 Å². The van der Waals surface area contributed by atoms with Crippen molar-refractivity contribution in [3.05, 3.63) is 29.6 Å². The summed E-state index contributed by atoms with van der Waals surface area (Å²) in [5.41, 5.74) is -0.0153. The van der Waals surface area contributed by atoms with Crippen LogP contribution >= 0.6 is 0 Å². The van der Waals surface area contributed by atoms with Gasteiger partial charge in [0.05, 0.1) is 5.56 Å². The highest BCUT2D eigenvalue weighted by Gasteiger charge is 2.20. The van der Waals surface area contributed by atoms with Gasteiger partial charge in [0.25, 0.3) is 5.91 Å². The largest absolute Gasteiger partial charge is 0.507 e. The first kappa shape index (κ1) is 13.8. The molecule has 1 aliphatic rings. The van der Waals surface area contributed by atoms with E-state index in [9.17, 15) is 14.3 Å². The predicted octanol–water partition coefficient (Wildman–Crippen LogP) is 1.75.